The normalized spacial score (nSPS) is 9.75. The molecule has 1 aromatic heterocycles. The van der Waals surface area contributed by atoms with Gasteiger partial charge in [0.2, 0.25) is 0 Å². The van der Waals surface area contributed by atoms with E-state index < -0.39 is 0 Å². The summed E-state index contributed by atoms with van der Waals surface area (Å²) in [5.41, 5.74) is 1.27. The van der Waals surface area contributed by atoms with E-state index >= 15 is 0 Å². The molecule has 0 saturated carbocycles. The quantitative estimate of drug-likeness (QED) is 0.515. The summed E-state index contributed by atoms with van der Waals surface area (Å²) in [5.74, 6) is 0. The second-order valence-electron chi connectivity index (χ2n) is 1.83. The van der Waals surface area contributed by atoms with Crippen molar-refractivity contribution < 1.29 is 0 Å². The molecule has 1 aromatic rings. The Morgan fingerprint density at radius 1 is 1.62 bits per heavy atom. The Bertz CT molecular complexity index is 165. The lowest BCUT2D eigenvalue weighted by Crippen LogP contribution is -1.88. The number of aromatic nitrogens is 1. The van der Waals surface area contributed by atoms with Crippen LogP contribution in [-0.4, -0.2) is 4.57 Å². The molecule has 8 heavy (non-hydrogen) atoms. The van der Waals surface area contributed by atoms with Gasteiger partial charge in [0.25, 0.3) is 0 Å². The molecule has 1 nitrogen and oxygen atoms in total. The molecule has 1 radical (unpaired) electrons. The summed E-state index contributed by atoms with van der Waals surface area (Å²) in [6.07, 6.45) is 4.12. The third kappa shape index (κ3) is 0.760. The van der Waals surface area contributed by atoms with Gasteiger partial charge in [-0.2, -0.15) is 0 Å². The van der Waals surface area contributed by atoms with Crippen LogP contribution in [0.2, 0.25) is 0 Å². The summed E-state index contributed by atoms with van der Waals surface area (Å²) in [5, 5.41) is 0. The summed E-state index contributed by atoms with van der Waals surface area (Å²) in [6, 6.07) is 4.12. The van der Waals surface area contributed by atoms with Gasteiger partial charge in [-0.3, -0.25) is 0 Å². The van der Waals surface area contributed by atoms with Crippen LogP contribution in [0.25, 0.3) is 0 Å². The maximum absolute atomic E-state index is 2.08. The fourth-order valence-corrected chi connectivity index (χ4v) is 0.774. The molecular weight excluding hydrogens is 98.1 g/mol. The zero-order chi connectivity index (χ0) is 5.98. The second kappa shape index (κ2) is 2.03. The lowest BCUT2D eigenvalue weighted by molar-refractivity contribution is 0.889. The van der Waals surface area contributed by atoms with Crippen LogP contribution in [0.4, 0.5) is 0 Å². The average molecular weight is 108 g/mol. The molecule has 1 heterocycles. The van der Waals surface area contributed by atoms with Crippen LogP contribution in [0.5, 0.6) is 0 Å². The zero-order valence-corrected chi connectivity index (χ0v) is 5.26. The van der Waals surface area contributed by atoms with Crippen LogP contribution in [0.3, 0.4) is 0 Å². The molecule has 0 aliphatic rings. The van der Waals surface area contributed by atoms with Gasteiger partial charge in [0.05, 0.1) is 0 Å². The van der Waals surface area contributed by atoms with E-state index in [0.717, 1.165) is 0 Å². The first kappa shape index (κ1) is 5.42. The highest BCUT2D eigenvalue weighted by Crippen LogP contribution is 2.00. The molecule has 0 unspecified atom stereocenters. The minimum atomic E-state index is 1.27. The Morgan fingerprint density at radius 2 is 2.38 bits per heavy atom. The molecule has 0 fully saturated rings. The highest BCUT2D eigenvalue weighted by molar-refractivity contribution is 5.13. The Morgan fingerprint density at radius 3 is 2.62 bits per heavy atom. The van der Waals surface area contributed by atoms with E-state index in [4.69, 9.17) is 0 Å². The van der Waals surface area contributed by atoms with Crippen LogP contribution in [-0.2, 0) is 7.05 Å². The molecule has 0 aromatic carbocycles. The van der Waals surface area contributed by atoms with Gasteiger partial charge >= 0.3 is 0 Å². The van der Waals surface area contributed by atoms with E-state index in [-0.39, 0.29) is 0 Å². The maximum Gasteiger partial charge on any atom is 0.0206 e. The minimum absolute atomic E-state index is 1.27. The molecule has 1 heteroatoms. The third-order valence-corrected chi connectivity index (χ3v) is 1.28. The largest absolute Gasteiger partial charge is 0.354 e. The molecule has 0 spiro atoms. The Balaban J connectivity index is 2.92. The molecule has 0 amide bonds. The zero-order valence-electron chi connectivity index (χ0n) is 5.26. The molecule has 0 atom stereocenters. The number of rotatable bonds is 1. The summed E-state index contributed by atoms with van der Waals surface area (Å²) in [6.45, 7) is 2.04. The summed E-state index contributed by atoms with van der Waals surface area (Å²) in [4.78, 5) is 0. The maximum atomic E-state index is 2.08. The number of hydrogen-bond donors (Lipinski definition) is 0. The van der Waals surface area contributed by atoms with Crippen molar-refractivity contribution in [1.29, 1.82) is 0 Å². The fraction of sp³-hybridized carbons (Fsp3) is 0.286. The molecule has 0 bridgehead atoms. The van der Waals surface area contributed by atoms with Gasteiger partial charge in [0.15, 0.2) is 0 Å². The van der Waals surface area contributed by atoms with Crippen molar-refractivity contribution >= 4 is 0 Å². The third-order valence-electron chi connectivity index (χ3n) is 1.28. The Kier molecular flexibility index (Phi) is 1.38. The van der Waals surface area contributed by atoms with Gasteiger partial charge in [-0.05, 0) is 12.1 Å². The van der Waals surface area contributed by atoms with Crippen molar-refractivity contribution in [2.75, 3.05) is 0 Å². The first-order chi connectivity index (χ1) is 3.84. The first-order valence-corrected chi connectivity index (χ1v) is 2.75. The topological polar surface area (TPSA) is 4.93 Å². The SMILES string of the molecule is C[CH]c1cccn1C. The van der Waals surface area contributed by atoms with E-state index in [0.29, 0.717) is 0 Å². The van der Waals surface area contributed by atoms with E-state index in [2.05, 4.69) is 17.1 Å². The molecule has 0 aliphatic heterocycles. The fourth-order valence-electron chi connectivity index (χ4n) is 0.774. The van der Waals surface area contributed by atoms with E-state index in [1.807, 2.05) is 26.2 Å². The number of aryl methyl sites for hydroxylation is 1. The van der Waals surface area contributed by atoms with E-state index in [9.17, 15) is 0 Å². The van der Waals surface area contributed by atoms with Crippen LogP contribution in [0, 0.1) is 6.42 Å². The van der Waals surface area contributed by atoms with Gasteiger partial charge in [-0.1, -0.05) is 6.92 Å². The Hall–Kier alpha value is -0.720. The van der Waals surface area contributed by atoms with Crippen molar-refractivity contribution in [3.8, 4) is 0 Å². The standard InChI is InChI=1S/C7H10N/c1-3-7-5-4-6-8(7)2/h3-6H,1-2H3. The predicted octanol–water partition coefficient (Wildman–Crippen LogP) is 1.60. The number of hydrogen-bond acceptors (Lipinski definition) is 0. The summed E-state index contributed by atoms with van der Waals surface area (Å²) in [7, 11) is 2.04. The van der Waals surface area contributed by atoms with E-state index in [1.165, 1.54) is 5.69 Å². The van der Waals surface area contributed by atoms with Crippen LogP contribution in [0.1, 0.15) is 12.6 Å². The Labute approximate surface area is 49.9 Å². The molecule has 0 aliphatic carbocycles. The second-order valence-corrected chi connectivity index (χ2v) is 1.83. The molecule has 0 N–H and O–H groups in total. The van der Waals surface area contributed by atoms with Crippen molar-refractivity contribution in [3.05, 3.63) is 30.4 Å². The molecular formula is C7H10N. The van der Waals surface area contributed by atoms with Gasteiger partial charge in [-0.15, -0.1) is 0 Å². The monoisotopic (exact) mass is 108 g/mol. The molecule has 0 saturated heterocycles. The number of nitrogens with zero attached hydrogens (tertiary/aromatic N) is 1. The average Bonchev–Trinajstić information content (AvgIpc) is 2.14. The van der Waals surface area contributed by atoms with Gasteiger partial charge in [0, 0.05) is 25.4 Å². The van der Waals surface area contributed by atoms with Gasteiger partial charge in [0.1, 0.15) is 0 Å². The van der Waals surface area contributed by atoms with E-state index in [1.54, 1.807) is 0 Å². The first-order valence-electron chi connectivity index (χ1n) is 2.75. The van der Waals surface area contributed by atoms with Crippen molar-refractivity contribution in [1.82, 2.24) is 4.57 Å². The summed E-state index contributed by atoms with van der Waals surface area (Å²) < 4.78 is 2.08. The summed E-state index contributed by atoms with van der Waals surface area (Å²) >= 11 is 0. The van der Waals surface area contributed by atoms with Crippen molar-refractivity contribution in [2.45, 2.75) is 6.92 Å². The lowest BCUT2D eigenvalue weighted by Gasteiger charge is -1.94. The predicted molar refractivity (Wildman–Crippen MR) is 34.5 cm³/mol. The highest BCUT2D eigenvalue weighted by Gasteiger charge is 1.88. The van der Waals surface area contributed by atoms with Crippen LogP contribution in [0.15, 0.2) is 18.3 Å². The highest BCUT2D eigenvalue weighted by atomic mass is 14.9. The van der Waals surface area contributed by atoms with Gasteiger partial charge < -0.3 is 4.57 Å². The molecule has 1 rings (SSSR count). The van der Waals surface area contributed by atoms with Crippen LogP contribution >= 0.6 is 0 Å². The van der Waals surface area contributed by atoms with Gasteiger partial charge in [-0.25, -0.2) is 0 Å². The minimum Gasteiger partial charge on any atom is -0.354 e. The van der Waals surface area contributed by atoms with Crippen LogP contribution < -0.4 is 0 Å². The molecule has 43 valence electrons. The van der Waals surface area contributed by atoms with Crippen molar-refractivity contribution in [2.24, 2.45) is 7.05 Å². The lowest BCUT2D eigenvalue weighted by atomic mass is 10.3. The van der Waals surface area contributed by atoms with Crippen molar-refractivity contribution in [3.63, 3.8) is 0 Å². The smallest absolute Gasteiger partial charge is 0.0206 e.